The van der Waals surface area contributed by atoms with Gasteiger partial charge < -0.3 is 20.3 Å². The largest absolute Gasteiger partial charge is 0.465 e. The highest BCUT2D eigenvalue weighted by Crippen LogP contribution is 2.17. The number of carbonyl (C=O) groups excluding carboxylic acids is 2. The molecule has 6 heteroatoms. The Morgan fingerprint density at radius 1 is 0.384 bits per heavy atom. The molecular formula is C67H123NO5. The van der Waals surface area contributed by atoms with Crippen LogP contribution in [0.25, 0.3) is 0 Å². The van der Waals surface area contributed by atoms with Gasteiger partial charge in [-0.2, -0.15) is 0 Å². The Kier molecular flexibility index (Phi) is 60.0. The maximum absolute atomic E-state index is 12.5. The Labute approximate surface area is 454 Å². The molecule has 0 fully saturated rings. The molecule has 0 aromatic carbocycles. The molecule has 0 saturated heterocycles. The van der Waals surface area contributed by atoms with Crippen LogP contribution in [0.5, 0.6) is 0 Å². The van der Waals surface area contributed by atoms with Crippen LogP contribution in [0.2, 0.25) is 0 Å². The zero-order chi connectivity index (χ0) is 52.9. The number of unbranched alkanes of at least 4 members (excludes halogenated alkanes) is 40. The van der Waals surface area contributed by atoms with Crippen molar-refractivity contribution in [2.75, 3.05) is 13.2 Å². The van der Waals surface area contributed by atoms with E-state index in [1.807, 2.05) is 6.08 Å². The molecule has 1 amide bonds. The predicted octanol–water partition coefficient (Wildman–Crippen LogP) is 20.3. The predicted molar refractivity (Wildman–Crippen MR) is 319 cm³/mol. The lowest BCUT2D eigenvalue weighted by Gasteiger charge is -2.20. The third-order valence-electron chi connectivity index (χ3n) is 14.5. The summed E-state index contributed by atoms with van der Waals surface area (Å²) >= 11 is 0. The van der Waals surface area contributed by atoms with Crippen LogP contribution < -0.4 is 5.32 Å². The summed E-state index contributed by atoms with van der Waals surface area (Å²) < 4.78 is 5.41. The zero-order valence-electron chi connectivity index (χ0n) is 48.6. The summed E-state index contributed by atoms with van der Waals surface area (Å²) in [7, 11) is 0. The van der Waals surface area contributed by atoms with E-state index in [0.717, 1.165) is 64.2 Å². The average Bonchev–Trinajstić information content (AvgIpc) is 3.39. The molecule has 3 N–H and O–H groups in total. The first-order chi connectivity index (χ1) is 36.0. The summed E-state index contributed by atoms with van der Waals surface area (Å²) in [5, 5.41) is 23.2. The molecule has 0 spiro atoms. The third-order valence-corrected chi connectivity index (χ3v) is 14.5. The molecule has 426 valence electrons. The van der Waals surface area contributed by atoms with Crippen LogP contribution in [0.1, 0.15) is 328 Å². The van der Waals surface area contributed by atoms with Gasteiger partial charge in [0.1, 0.15) is 0 Å². The summed E-state index contributed by atoms with van der Waals surface area (Å²) in [5.74, 6) is -0.122. The molecule has 2 unspecified atom stereocenters. The van der Waals surface area contributed by atoms with Gasteiger partial charge >= 0.3 is 5.97 Å². The monoisotopic (exact) mass is 1020 g/mol. The van der Waals surface area contributed by atoms with Crippen molar-refractivity contribution < 1.29 is 24.5 Å². The molecule has 0 aliphatic rings. The SMILES string of the molecule is CCCCC/C=C\C/C=C\CCCCCCCC(=O)OCC/C=C\C/C=C\CCCCCCCCCCCCCCCCC(=O)NC(CO)C(O)/C=C/CCCCCCCCCCCCCCCCCCCC. The highest BCUT2D eigenvalue weighted by molar-refractivity contribution is 5.76. The van der Waals surface area contributed by atoms with E-state index < -0.39 is 12.1 Å². The Bertz CT molecular complexity index is 1270. The molecule has 2 atom stereocenters. The quantitative estimate of drug-likeness (QED) is 0.0320. The standard InChI is InChI=1S/C67H123NO5/c1-3-5-7-9-11-13-15-17-19-20-21-25-28-32-35-39-43-47-51-55-59-65(70)64(63-69)68-66(71)60-56-52-48-44-40-36-33-29-26-23-22-24-27-30-34-38-42-46-50-54-58-62-73-67(72)61-57-53-49-45-41-37-31-18-16-14-12-10-8-6-4-2/h12,14,18,31,38,42,50,54-55,59,64-65,69-70H,3-11,13,15-17,19-30,32-37,39-41,43-49,51-53,56-58,60-63H2,1-2H3,(H,68,71)/b14-12-,31-18-,42-38-,54-50-,59-55+. The van der Waals surface area contributed by atoms with E-state index in [9.17, 15) is 19.8 Å². The highest BCUT2D eigenvalue weighted by atomic mass is 16.5. The number of nitrogens with one attached hydrogen (secondary N) is 1. The Balaban J connectivity index is 3.50. The summed E-state index contributed by atoms with van der Waals surface area (Å²) in [6, 6.07) is -0.634. The number of allylic oxidation sites excluding steroid dienone is 8. The van der Waals surface area contributed by atoms with Gasteiger partial charge in [-0.3, -0.25) is 9.59 Å². The molecule has 0 aliphatic heterocycles. The van der Waals surface area contributed by atoms with E-state index >= 15 is 0 Å². The second-order valence-electron chi connectivity index (χ2n) is 21.7. The second-order valence-corrected chi connectivity index (χ2v) is 21.7. The Morgan fingerprint density at radius 3 is 1.07 bits per heavy atom. The Hall–Kier alpha value is -2.44. The van der Waals surface area contributed by atoms with Gasteiger partial charge in [-0.05, 0) is 83.5 Å². The summed E-state index contributed by atoms with van der Waals surface area (Å²) in [5.41, 5.74) is 0. The molecule has 0 aromatic heterocycles. The van der Waals surface area contributed by atoms with Crippen molar-refractivity contribution in [1.82, 2.24) is 5.32 Å². The first kappa shape index (κ1) is 70.6. The van der Waals surface area contributed by atoms with Gasteiger partial charge in [0, 0.05) is 12.8 Å². The fourth-order valence-electron chi connectivity index (χ4n) is 9.62. The molecule has 0 heterocycles. The van der Waals surface area contributed by atoms with E-state index in [1.54, 1.807) is 6.08 Å². The van der Waals surface area contributed by atoms with Crippen LogP contribution in [-0.4, -0.2) is 47.4 Å². The highest BCUT2D eigenvalue weighted by Gasteiger charge is 2.18. The number of hydrogen-bond acceptors (Lipinski definition) is 5. The van der Waals surface area contributed by atoms with E-state index in [1.165, 1.54) is 238 Å². The molecule has 6 nitrogen and oxygen atoms in total. The van der Waals surface area contributed by atoms with Crippen LogP contribution in [0.3, 0.4) is 0 Å². The number of carbonyl (C=O) groups is 2. The molecule has 0 aromatic rings. The van der Waals surface area contributed by atoms with E-state index in [4.69, 9.17) is 4.74 Å². The zero-order valence-corrected chi connectivity index (χ0v) is 48.6. The minimum absolute atomic E-state index is 0.0502. The van der Waals surface area contributed by atoms with Gasteiger partial charge in [-0.25, -0.2) is 0 Å². The maximum atomic E-state index is 12.5. The van der Waals surface area contributed by atoms with Crippen molar-refractivity contribution >= 4 is 11.9 Å². The number of hydrogen-bond donors (Lipinski definition) is 3. The Morgan fingerprint density at radius 2 is 0.685 bits per heavy atom. The van der Waals surface area contributed by atoms with Gasteiger partial charge in [0.05, 0.1) is 25.4 Å². The van der Waals surface area contributed by atoms with Crippen LogP contribution >= 0.6 is 0 Å². The van der Waals surface area contributed by atoms with Crippen molar-refractivity contribution in [3.63, 3.8) is 0 Å². The van der Waals surface area contributed by atoms with Crippen LogP contribution in [-0.2, 0) is 14.3 Å². The molecular weight excluding hydrogens is 899 g/mol. The van der Waals surface area contributed by atoms with Gasteiger partial charge in [0.15, 0.2) is 0 Å². The number of esters is 1. The molecule has 0 bridgehead atoms. The van der Waals surface area contributed by atoms with Crippen LogP contribution in [0, 0.1) is 0 Å². The third kappa shape index (κ3) is 58.7. The number of aliphatic hydroxyl groups is 2. The van der Waals surface area contributed by atoms with E-state index in [-0.39, 0.29) is 18.5 Å². The number of amides is 1. The lowest BCUT2D eigenvalue weighted by molar-refractivity contribution is -0.143. The molecule has 0 rings (SSSR count). The van der Waals surface area contributed by atoms with E-state index in [2.05, 4.69) is 67.8 Å². The van der Waals surface area contributed by atoms with Gasteiger partial charge in [0.2, 0.25) is 5.91 Å². The normalized spacial score (nSPS) is 13.0. The summed E-state index contributed by atoms with van der Waals surface area (Å²) in [6.07, 6.45) is 81.3. The van der Waals surface area contributed by atoms with Crippen LogP contribution in [0.4, 0.5) is 0 Å². The first-order valence-corrected chi connectivity index (χ1v) is 32.1. The van der Waals surface area contributed by atoms with Crippen molar-refractivity contribution in [2.24, 2.45) is 0 Å². The fourth-order valence-corrected chi connectivity index (χ4v) is 9.62. The van der Waals surface area contributed by atoms with Crippen LogP contribution in [0.15, 0.2) is 60.8 Å². The van der Waals surface area contributed by atoms with Crippen molar-refractivity contribution in [3.05, 3.63) is 60.8 Å². The average molecular weight is 1020 g/mol. The second kappa shape index (κ2) is 62.1. The lowest BCUT2D eigenvalue weighted by atomic mass is 10.0. The molecule has 0 radical (unpaired) electrons. The minimum atomic E-state index is -0.850. The summed E-state index contributed by atoms with van der Waals surface area (Å²) in [4.78, 5) is 24.5. The van der Waals surface area contributed by atoms with Crippen molar-refractivity contribution in [3.8, 4) is 0 Å². The smallest absolute Gasteiger partial charge is 0.305 e. The first-order valence-electron chi connectivity index (χ1n) is 32.1. The molecule has 73 heavy (non-hydrogen) atoms. The maximum Gasteiger partial charge on any atom is 0.305 e. The fraction of sp³-hybridized carbons (Fsp3) is 0.821. The van der Waals surface area contributed by atoms with Gasteiger partial charge in [-0.1, -0.05) is 293 Å². The number of ether oxygens (including phenoxy) is 1. The number of aliphatic hydroxyl groups excluding tert-OH is 2. The van der Waals surface area contributed by atoms with Gasteiger partial charge in [0.25, 0.3) is 0 Å². The van der Waals surface area contributed by atoms with Crippen molar-refractivity contribution in [2.45, 2.75) is 341 Å². The molecule has 0 saturated carbocycles. The van der Waals surface area contributed by atoms with Gasteiger partial charge in [-0.15, -0.1) is 0 Å². The molecule has 0 aliphatic carbocycles. The summed E-state index contributed by atoms with van der Waals surface area (Å²) in [6.45, 7) is 4.77. The van der Waals surface area contributed by atoms with Crippen molar-refractivity contribution in [1.29, 1.82) is 0 Å². The number of rotatable bonds is 59. The van der Waals surface area contributed by atoms with E-state index in [0.29, 0.717) is 19.4 Å². The topological polar surface area (TPSA) is 95.9 Å². The lowest BCUT2D eigenvalue weighted by Crippen LogP contribution is -2.45. The minimum Gasteiger partial charge on any atom is -0.465 e.